The van der Waals surface area contributed by atoms with E-state index in [9.17, 15) is 0 Å². The Bertz CT molecular complexity index is 333. The summed E-state index contributed by atoms with van der Waals surface area (Å²) in [6, 6.07) is 9.30. The molecule has 1 heterocycles. The van der Waals surface area contributed by atoms with Crippen LogP contribution in [0.5, 0.6) is 0 Å². The minimum Gasteiger partial charge on any atom is -0.316 e. The zero-order valence-electron chi connectivity index (χ0n) is 11.4. The lowest BCUT2D eigenvalue weighted by molar-refractivity contribution is 0.487. The Hall–Kier alpha value is -0.820. The van der Waals surface area contributed by atoms with Crippen LogP contribution in [0, 0.1) is 11.8 Å². The van der Waals surface area contributed by atoms with Gasteiger partial charge < -0.3 is 5.32 Å². The average molecular weight is 231 g/mol. The van der Waals surface area contributed by atoms with E-state index in [1.165, 1.54) is 37.1 Å². The van der Waals surface area contributed by atoms with Crippen LogP contribution in [0.25, 0.3) is 0 Å². The molecule has 1 N–H and O–H groups in total. The van der Waals surface area contributed by atoms with Crippen molar-refractivity contribution in [3.8, 4) is 0 Å². The molecule has 0 saturated carbocycles. The highest BCUT2D eigenvalue weighted by molar-refractivity contribution is 5.26. The summed E-state index contributed by atoms with van der Waals surface area (Å²) in [7, 11) is 0. The Morgan fingerprint density at radius 2 is 1.88 bits per heavy atom. The zero-order chi connectivity index (χ0) is 12.3. The Morgan fingerprint density at radius 3 is 2.41 bits per heavy atom. The van der Waals surface area contributed by atoms with Crippen molar-refractivity contribution in [1.29, 1.82) is 0 Å². The fourth-order valence-electron chi connectivity index (χ4n) is 2.80. The standard InChI is InChI=1S/C16H25N/c1-12(2)10-14-4-6-15(7-5-14)13(3)16-8-9-17-11-16/h4-7,12-13,16-17H,8-11H2,1-3H3. The lowest BCUT2D eigenvalue weighted by atomic mass is 9.86. The van der Waals surface area contributed by atoms with Gasteiger partial charge in [0.2, 0.25) is 0 Å². The van der Waals surface area contributed by atoms with Crippen LogP contribution in [0.1, 0.15) is 44.2 Å². The first-order chi connectivity index (χ1) is 8.16. The topological polar surface area (TPSA) is 12.0 Å². The molecule has 1 aromatic rings. The van der Waals surface area contributed by atoms with Gasteiger partial charge in [0.1, 0.15) is 0 Å². The molecule has 0 amide bonds. The maximum atomic E-state index is 3.46. The quantitative estimate of drug-likeness (QED) is 0.835. The monoisotopic (exact) mass is 231 g/mol. The van der Waals surface area contributed by atoms with E-state index >= 15 is 0 Å². The van der Waals surface area contributed by atoms with Crippen LogP contribution in [-0.2, 0) is 6.42 Å². The second-order valence-electron chi connectivity index (χ2n) is 5.88. The van der Waals surface area contributed by atoms with Gasteiger partial charge in [-0.3, -0.25) is 0 Å². The molecule has 0 aliphatic carbocycles. The molecule has 2 unspecified atom stereocenters. The van der Waals surface area contributed by atoms with Gasteiger partial charge in [-0.1, -0.05) is 45.0 Å². The van der Waals surface area contributed by atoms with E-state index in [0.29, 0.717) is 5.92 Å². The number of hydrogen-bond donors (Lipinski definition) is 1. The van der Waals surface area contributed by atoms with Gasteiger partial charge in [0.25, 0.3) is 0 Å². The third-order valence-electron chi connectivity index (χ3n) is 3.95. The van der Waals surface area contributed by atoms with Gasteiger partial charge in [0.05, 0.1) is 0 Å². The summed E-state index contributed by atoms with van der Waals surface area (Å²) < 4.78 is 0. The van der Waals surface area contributed by atoms with Gasteiger partial charge in [0, 0.05) is 0 Å². The van der Waals surface area contributed by atoms with E-state index in [1.54, 1.807) is 0 Å². The highest BCUT2D eigenvalue weighted by Gasteiger charge is 2.22. The molecule has 0 aromatic heterocycles. The Kier molecular flexibility index (Phi) is 4.22. The third-order valence-corrected chi connectivity index (χ3v) is 3.95. The molecule has 1 fully saturated rings. The number of benzene rings is 1. The molecule has 1 heteroatoms. The SMILES string of the molecule is CC(C)Cc1ccc(C(C)C2CCNC2)cc1. The molecule has 17 heavy (non-hydrogen) atoms. The van der Waals surface area contributed by atoms with Crippen molar-refractivity contribution in [3.05, 3.63) is 35.4 Å². The summed E-state index contributed by atoms with van der Waals surface area (Å²) in [4.78, 5) is 0. The fraction of sp³-hybridized carbons (Fsp3) is 0.625. The number of rotatable bonds is 4. The smallest absolute Gasteiger partial charge is 0.00143 e. The predicted molar refractivity (Wildman–Crippen MR) is 74.4 cm³/mol. The van der Waals surface area contributed by atoms with Crippen molar-refractivity contribution < 1.29 is 0 Å². The molecule has 0 radical (unpaired) electrons. The Labute approximate surface area is 106 Å². The van der Waals surface area contributed by atoms with Crippen LogP contribution >= 0.6 is 0 Å². The maximum Gasteiger partial charge on any atom is -0.00143 e. The van der Waals surface area contributed by atoms with Crippen molar-refractivity contribution in [3.63, 3.8) is 0 Å². The van der Waals surface area contributed by atoms with Gasteiger partial charge in [-0.05, 0) is 54.8 Å². The third kappa shape index (κ3) is 3.32. The molecule has 94 valence electrons. The van der Waals surface area contributed by atoms with E-state index in [1.807, 2.05) is 0 Å². The van der Waals surface area contributed by atoms with Crippen LogP contribution < -0.4 is 5.32 Å². The second-order valence-corrected chi connectivity index (χ2v) is 5.88. The molecule has 1 aromatic carbocycles. The van der Waals surface area contributed by atoms with Gasteiger partial charge in [0.15, 0.2) is 0 Å². The first-order valence-electron chi connectivity index (χ1n) is 6.96. The molecule has 1 aliphatic heterocycles. The summed E-state index contributed by atoms with van der Waals surface area (Å²) in [6.07, 6.45) is 2.52. The van der Waals surface area contributed by atoms with Crippen molar-refractivity contribution in [1.82, 2.24) is 5.32 Å². The average Bonchev–Trinajstić information content (AvgIpc) is 2.82. The fourth-order valence-corrected chi connectivity index (χ4v) is 2.80. The van der Waals surface area contributed by atoms with Crippen LogP contribution in [0.2, 0.25) is 0 Å². The lowest BCUT2D eigenvalue weighted by Crippen LogP contribution is -2.14. The van der Waals surface area contributed by atoms with Crippen molar-refractivity contribution in [2.45, 2.75) is 39.5 Å². The van der Waals surface area contributed by atoms with Crippen LogP contribution in [0.15, 0.2) is 24.3 Å². The molecule has 2 rings (SSSR count). The molecular formula is C16H25N. The zero-order valence-corrected chi connectivity index (χ0v) is 11.4. The van der Waals surface area contributed by atoms with E-state index in [0.717, 1.165) is 11.8 Å². The van der Waals surface area contributed by atoms with Gasteiger partial charge in [-0.15, -0.1) is 0 Å². The molecule has 2 atom stereocenters. The highest BCUT2D eigenvalue weighted by Crippen LogP contribution is 2.28. The molecule has 0 bridgehead atoms. The minimum atomic E-state index is 0.693. The van der Waals surface area contributed by atoms with Crippen molar-refractivity contribution >= 4 is 0 Å². The largest absolute Gasteiger partial charge is 0.316 e. The molecule has 1 saturated heterocycles. The van der Waals surface area contributed by atoms with E-state index < -0.39 is 0 Å². The number of hydrogen-bond acceptors (Lipinski definition) is 1. The summed E-state index contributed by atoms with van der Waals surface area (Å²) in [5.41, 5.74) is 2.98. The Balaban J connectivity index is 2.01. The summed E-state index contributed by atoms with van der Waals surface area (Å²) in [6.45, 7) is 9.31. The molecule has 1 nitrogen and oxygen atoms in total. The van der Waals surface area contributed by atoms with Gasteiger partial charge in [-0.2, -0.15) is 0 Å². The van der Waals surface area contributed by atoms with Crippen molar-refractivity contribution in [2.24, 2.45) is 11.8 Å². The second kappa shape index (κ2) is 5.68. The van der Waals surface area contributed by atoms with Crippen molar-refractivity contribution in [2.75, 3.05) is 13.1 Å². The van der Waals surface area contributed by atoms with Crippen LogP contribution in [0.3, 0.4) is 0 Å². The summed E-state index contributed by atoms with van der Waals surface area (Å²) in [5.74, 6) is 2.27. The molecule has 0 spiro atoms. The van der Waals surface area contributed by atoms with Gasteiger partial charge >= 0.3 is 0 Å². The predicted octanol–water partition coefficient (Wildman–Crippen LogP) is 3.60. The summed E-state index contributed by atoms with van der Waals surface area (Å²) in [5, 5.41) is 3.46. The first-order valence-corrected chi connectivity index (χ1v) is 6.96. The van der Waals surface area contributed by atoms with Crippen LogP contribution in [0.4, 0.5) is 0 Å². The molecular weight excluding hydrogens is 206 g/mol. The molecule has 1 aliphatic rings. The normalized spacial score (nSPS) is 22.0. The maximum absolute atomic E-state index is 3.46. The highest BCUT2D eigenvalue weighted by atomic mass is 14.9. The first kappa shape index (κ1) is 12.6. The minimum absolute atomic E-state index is 0.693. The number of nitrogens with one attached hydrogen (secondary N) is 1. The summed E-state index contributed by atoms with van der Waals surface area (Å²) >= 11 is 0. The van der Waals surface area contributed by atoms with Gasteiger partial charge in [-0.25, -0.2) is 0 Å². The van der Waals surface area contributed by atoms with Crippen LogP contribution in [-0.4, -0.2) is 13.1 Å². The Morgan fingerprint density at radius 1 is 1.18 bits per heavy atom. The van der Waals surface area contributed by atoms with E-state index in [4.69, 9.17) is 0 Å². The van der Waals surface area contributed by atoms with E-state index in [-0.39, 0.29) is 0 Å². The van der Waals surface area contributed by atoms with E-state index in [2.05, 4.69) is 50.4 Å². The lowest BCUT2D eigenvalue weighted by Gasteiger charge is -2.19.